The van der Waals surface area contributed by atoms with E-state index in [1.165, 1.54) is 36.2 Å². The molecule has 0 bridgehead atoms. The van der Waals surface area contributed by atoms with Gasteiger partial charge in [-0.05, 0) is 60.8 Å². The van der Waals surface area contributed by atoms with E-state index >= 15 is 0 Å². The van der Waals surface area contributed by atoms with Crippen LogP contribution < -0.4 is 19.9 Å². The minimum absolute atomic E-state index is 0.148. The Labute approximate surface area is 237 Å². The number of alkyl halides is 3. The molecule has 14 heteroatoms. The molecule has 214 valence electrons. The lowest BCUT2D eigenvalue weighted by atomic mass is 10.1. The smallest absolute Gasteiger partial charge is 0.477 e. The number of carbonyl (C=O) groups excluding carboxylic acids is 1. The summed E-state index contributed by atoms with van der Waals surface area (Å²) in [5.41, 5.74) is 2.37. The van der Waals surface area contributed by atoms with Gasteiger partial charge in [-0.25, -0.2) is 14.1 Å². The molecular formula is C26H28F3N5O4S2. The van der Waals surface area contributed by atoms with Crippen molar-refractivity contribution < 1.29 is 32.6 Å². The fourth-order valence-electron chi connectivity index (χ4n) is 4.04. The quantitative estimate of drug-likeness (QED) is 0.343. The van der Waals surface area contributed by atoms with Crippen LogP contribution in [0.3, 0.4) is 0 Å². The van der Waals surface area contributed by atoms with Crippen LogP contribution in [0.25, 0.3) is 0 Å². The molecule has 0 radical (unpaired) electrons. The number of thiazole rings is 1. The van der Waals surface area contributed by atoms with E-state index in [0.717, 1.165) is 22.6 Å². The van der Waals surface area contributed by atoms with Crippen molar-refractivity contribution in [1.82, 2.24) is 14.6 Å². The summed E-state index contributed by atoms with van der Waals surface area (Å²) in [5.74, 6) is -1.62. The second kappa shape index (κ2) is 12.4. The maximum absolute atomic E-state index is 13.5. The second-order valence-electron chi connectivity index (χ2n) is 9.21. The largest absolute Gasteiger partial charge is 0.573 e. The maximum Gasteiger partial charge on any atom is 0.573 e. The highest BCUT2D eigenvalue weighted by Gasteiger charge is 2.35. The van der Waals surface area contributed by atoms with E-state index in [1.807, 2.05) is 52.5 Å². The SMILES string of the molecule is Cc1nc(N2CCN(Sc3ccc(OC(F)(F)F)cc3)[C@@H](C(=O)NCc3ccc(N(C)C)cc3)C2)sc1C(=O)O. The van der Waals surface area contributed by atoms with Gasteiger partial charge >= 0.3 is 12.3 Å². The Bertz CT molecular complexity index is 1330. The molecule has 40 heavy (non-hydrogen) atoms. The number of hydrogen-bond acceptors (Lipinski definition) is 9. The van der Waals surface area contributed by atoms with Gasteiger partial charge in [0.1, 0.15) is 16.7 Å². The predicted octanol–water partition coefficient (Wildman–Crippen LogP) is 4.63. The number of carboxylic acid groups (broad SMARTS) is 1. The summed E-state index contributed by atoms with van der Waals surface area (Å²) in [6, 6.07) is 12.6. The Kier molecular flexibility index (Phi) is 9.11. The standard InChI is InChI=1S/C26H28F3N5O4S2/c1-16-22(24(36)37)39-25(31-16)33-12-13-34(40-20-10-8-19(9-11-20)38-26(27,28)29)21(15-33)23(35)30-14-17-4-6-18(7-5-17)32(2)3/h4-11,21H,12-15H2,1-3H3,(H,30,35)(H,36,37)/t21-/m1/s1. The summed E-state index contributed by atoms with van der Waals surface area (Å²) in [6.45, 7) is 3.09. The van der Waals surface area contributed by atoms with Gasteiger partial charge in [-0.3, -0.25) is 4.79 Å². The number of carboxylic acids is 1. The van der Waals surface area contributed by atoms with Crippen molar-refractivity contribution in [2.45, 2.75) is 30.8 Å². The fraction of sp³-hybridized carbons (Fsp3) is 0.346. The first-order valence-electron chi connectivity index (χ1n) is 12.2. The Morgan fingerprint density at radius 3 is 2.40 bits per heavy atom. The lowest BCUT2D eigenvalue weighted by molar-refractivity contribution is -0.274. The van der Waals surface area contributed by atoms with Crippen LogP contribution in [0.4, 0.5) is 24.0 Å². The molecule has 2 heterocycles. The van der Waals surface area contributed by atoms with Crippen LogP contribution in [0.1, 0.15) is 20.9 Å². The number of amides is 1. The van der Waals surface area contributed by atoms with E-state index < -0.39 is 18.4 Å². The van der Waals surface area contributed by atoms with Gasteiger partial charge in [0.2, 0.25) is 5.91 Å². The van der Waals surface area contributed by atoms with Gasteiger partial charge in [-0.15, -0.1) is 13.2 Å². The minimum Gasteiger partial charge on any atom is -0.477 e. The van der Waals surface area contributed by atoms with Crippen LogP contribution in [-0.2, 0) is 11.3 Å². The van der Waals surface area contributed by atoms with Crippen molar-refractivity contribution in [1.29, 1.82) is 0 Å². The Morgan fingerprint density at radius 1 is 1.15 bits per heavy atom. The predicted molar refractivity (Wildman–Crippen MR) is 148 cm³/mol. The molecule has 1 aliphatic heterocycles. The summed E-state index contributed by atoms with van der Waals surface area (Å²) < 4.78 is 43.4. The average molecular weight is 596 g/mol. The number of hydrogen-bond donors (Lipinski definition) is 2. The first kappa shape index (κ1) is 29.5. The van der Waals surface area contributed by atoms with Crippen LogP contribution in [0.5, 0.6) is 5.75 Å². The van der Waals surface area contributed by atoms with Crippen LogP contribution in [0.15, 0.2) is 53.4 Å². The average Bonchev–Trinajstić information content (AvgIpc) is 3.30. The third kappa shape index (κ3) is 7.58. The topological polar surface area (TPSA) is 98.2 Å². The van der Waals surface area contributed by atoms with E-state index in [1.54, 1.807) is 6.92 Å². The number of piperazine rings is 1. The number of anilines is 2. The number of ether oxygens (including phenoxy) is 1. The van der Waals surface area contributed by atoms with Gasteiger partial charge in [0, 0.05) is 50.9 Å². The maximum atomic E-state index is 13.5. The first-order chi connectivity index (χ1) is 18.9. The molecule has 4 rings (SSSR count). The van der Waals surface area contributed by atoms with E-state index in [2.05, 4.69) is 15.0 Å². The summed E-state index contributed by atoms with van der Waals surface area (Å²) in [6.07, 6.45) is -4.78. The number of aryl methyl sites for hydroxylation is 1. The number of benzene rings is 2. The third-order valence-electron chi connectivity index (χ3n) is 6.08. The number of aromatic nitrogens is 1. The van der Waals surface area contributed by atoms with Crippen molar-refractivity contribution in [3.63, 3.8) is 0 Å². The summed E-state index contributed by atoms with van der Waals surface area (Å²) in [4.78, 5) is 34.0. The lowest BCUT2D eigenvalue weighted by Crippen LogP contribution is -2.56. The van der Waals surface area contributed by atoms with Crippen molar-refractivity contribution in [3.05, 3.63) is 64.7 Å². The Morgan fingerprint density at radius 2 is 1.82 bits per heavy atom. The summed E-state index contributed by atoms with van der Waals surface area (Å²) in [5, 5.41) is 12.9. The normalized spacial score (nSPS) is 16.1. The van der Waals surface area contributed by atoms with Gasteiger partial charge in [-0.2, -0.15) is 0 Å². The molecule has 1 amide bonds. The van der Waals surface area contributed by atoms with Gasteiger partial charge in [0.25, 0.3) is 0 Å². The first-order valence-corrected chi connectivity index (χ1v) is 13.8. The Balaban J connectivity index is 1.50. The van der Waals surface area contributed by atoms with E-state index in [9.17, 15) is 27.9 Å². The molecule has 2 N–H and O–H groups in total. The van der Waals surface area contributed by atoms with Crippen LogP contribution in [0, 0.1) is 6.92 Å². The number of halogens is 3. The number of carbonyl (C=O) groups is 2. The molecule has 0 aliphatic carbocycles. The molecule has 0 saturated carbocycles. The fourth-order valence-corrected chi connectivity index (χ4v) is 5.97. The number of nitrogens with zero attached hydrogens (tertiary/aromatic N) is 4. The highest BCUT2D eigenvalue weighted by atomic mass is 32.2. The molecule has 2 aromatic carbocycles. The van der Waals surface area contributed by atoms with Crippen LogP contribution >= 0.6 is 23.3 Å². The van der Waals surface area contributed by atoms with Crippen molar-refractivity contribution >= 4 is 46.0 Å². The second-order valence-corrected chi connectivity index (χ2v) is 11.3. The molecule has 1 atom stereocenters. The lowest BCUT2D eigenvalue weighted by Gasteiger charge is -2.39. The zero-order valence-electron chi connectivity index (χ0n) is 21.9. The number of aromatic carboxylic acids is 1. The van der Waals surface area contributed by atoms with E-state index in [0.29, 0.717) is 35.4 Å². The van der Waals surface area contributed by atoms with Crippen molar-refractivity contribution in [3.8, 4) is 5.75 Å². The summed E-state index contributed by atoms with van der Waals surface area (Å²) >= 11 is 2.32. The monoisotopic (exact) mass is 595 g/mol. The van der Waals surface area contributed by atoms with Crippen molar-refractivity contribution in [2.75, 3.05) is 43.5 Å². The molecule has 3 aromatic rings. The number of nitrogens with one attached hydrogen (secondary N) is 1. The van der Waals surface area contributed by atoms with E-state index in [-0.39, 0.29) is 23.1 Å². The molecule has 0 unspecified atom stereocenters. The minimum atomic E-state index is -4.78. The van der Waals surface area contributed by atoms with Gasteiger partial charge in [0.15, 0.2) is 5.13 Å². The molecule has 1 aromatic heterocycles. The molecular weight excluding hydrogens is 567 g/mol. The van der Waals surface area contributed by atoms with Crippen molar-refractivity contribution in [2.24, 2.45) is 0 Å². The van der Waals surface area contributed by atoms with Crippen LogP contribution in [0.2, 0.25) is 0 Å². The summed E-state index contributed by atoms with van der Waals surface area (Å²) in [7, 11) is 3.89. The molecule has 9 nitrogen and oxygen atoms in total. The van der Waals surface area contributed by atoms with Gasteiger partial charge in [0.05, 0.1) is 5.69 Å². The highest BCUT2D eigenvalue weighted by Crippen LogP contribution is 2.33. The molecule has 1 fully saturated rings. The molecule has 1 aliphatic rings. The zero-order valence-corrected chi connectivity index (χ0v) is 23.6. The highest BCUT2D eigenvalue weighted by molar-refractivity contribution is 7.97. The zero-order chi connectivity index (χ0) is 29.0. The Hall–Kier alpha value is -3.49. The third-order valence-corrected chi connectivity index (χ3v) is 8.44. The van der Waals surface area contributed by atoms with Gasteiger partial charge < -0.3 is 25.0 Å². The molecule has 1 saturated heterocycles. The van der Waals surface area contributed by atoms with E-state index in [4.69, 9.17) is 0 Å². The number of rotatable bonds is 9. The van der Waals surface area contributed by atoms with Crippen LogP contribution in [-0.4, -0.2) is 72.4 Å². The van der Waals surface area contributed by atoms with Gasteiger partial charge in [-0.1, -0.05) is 23.5 Å². The molecule has 0 spiro atoms.